The molecule has 0 aliphatic rings. The zero-order valence-corrected chi connectivity index (χ0v) is 13.1. The fraction of sp³-hybridized carbons (Fsp3) is 0.143. The molecule has 2 rings (SSSR count). The van der Waals surface area contributed by atoms with Gasteiger partial charge in [0.05, 0.1) is 12.1 Å². The summed E-state index contributed by atoms with van der Waals surface area (Å²) < 4.78 is 4.90. The summed E-state index contributed by atoms with van der Waals surface area (Å²) in [6, 6.07) is 8.17. The van der Waals surface area contributed by atoms with Gasteiger partial charge in [-0.25, -0.2) is 4.79 Å². The normalized spacial score (nSPS) is 10.2. The van der Waals surface area contributed by atoms with Crippen molar-refractivity contribution in [2.75, 3.05) is 6.61 Å². The number of halogens is 2. The summed E-state index contributed by atoms with van der Waals surface area (Å²) in [5, 5.41) is 5.24. The van der Waals surface area contributed by atoms with Crippen LogP contribution in [0.15, 0.2) is 35.7 Å². The van der Waals surface area contributed by atoms with Crippen molar-refractivity contribution in [1.29, 1.82) is 0 Å². The molecule has 1 aromatic carbocycles. The maximum Gasteiger partial charge on any atom is 0.338 e. The van der Waals surface area contributed by atoms with Crippen LogP contribution >= 0.6 is 34.5 Å². The molecule has 0 atom stereocenters. The highest BCUT2D eigenvalue weighted by Crippen LogP contribution is 2.19. The van der Waals surface area contributed by atoms with Crippen molar-refractivity contribution in [3.63, 3.8) is 0 Å². The maximum absolute atomic E-state index is 11.8. The number of esters is 1. The summed E-state index contributed by atoms with van der Waals surface area (Å²) in [6.45, 7) is 0.0609. The van der Waals surface area contributed by atoms with Gasteiger partial charge in [-0.3, -0.25) is 4.79 Å². The highest BCUT2D eigenvalue weighted by atomic mass is 35.5. The number of hydrogen-bond acceptors (Lipinski definition) is 4. The molecule has 0 saturated carbocycles. The molecule has 0 unspecified atom stereocenters. The first kappa shape index (κ1) is 15.8. The number of thiophene rings is 1. The third-order valence-corrected chi connectivity index (χ3v) is 3.79. The Hall–Kier alpha value is -1.56. The Kier molecular flexibility index (Phi) is 5.61. The number of carbonyl (C=O) groups excluding carboxylic acids is 2. The quantitative estimate of drug-likeness (QED) is 0.845. The van der Waals surface area contributed by atoms with Crippen molar-refractivity contribution >= 4 is 46.4 Å². The van der Waals surface area contributed by atoms with Gasteiger partial charge in [0, 0.05) is 14.9 Å². The lowest BCUT2D eigenvalue weighted by molar-refractivity contribution is -0.124. The first-order valence-electron chi connectivity index (χ1n) is 5.97. The van der Waals surface area contributed by atoms with Gasteiger partial charge in [0.25, 0.3) is 5.91 Å². The molecule has 1 aromatic heterocycles. The monoisotopic (exact) mass is 343 g/mol. The number of amides is 1. The van der Waals surface area contributed by atoms with Gasteiger partial charge in [0.1, 0.15) is 0 Å². The van der Waals surface area contributed by atoms with E-state index in [1.807, 2.05) is 17.5 Å². The Bertz CT molecular complexity index is 623. The van der Waals surface area contributed by atoms with Gasteiger partial charge in [0.2, 0.25) is 0 Å². The number of nitrogens with one attached hydrogen (secondary N) is 1. The second-order valence-corrected chi connectivity index (χ2v) is 6.00. The minimum Gasteiger partial charge on any atom is -0.452 e. The molecule has 4 nitrogen and oxygen atoms in total. The zero-order chi connectivity index (χ0) is 15.2. The van der Waals surface area contributed by atoms with Crippen LogP contribution in [-0.2, 0) is 16.1 Å². The van der Waals surface area contributed by atoms with E-state index in [-0.39, 0.29) is 18.1 Å². The van der Waals surface area contributed by atoms with Gasteiger partial charge in [-0.05, 0) is 29.6 Å². The minimum absolute atomic E-state index is 0.207. The first-order valence-corrected chi connectivity index (χ1v) is 7.60. The predicted octanol–water partition coefficient (Wildman–Crippen LogP) is 3.53. The molecule has 21 heavy (non-hydrogen) atoms. The van der Waals surface area contributed by atoms with Gasteiger partial charge < -0.3 is 10.1 Å². The van der Waals surface area contributed by atoms with Gasteiger partial charge in [-0.2, -0.15) is 0 Å². The smallest absolute Gasteiger partial charge is 0.338 e. The summed E-state index contributed by atoms with van der Waals surface area (Å²) in [4.78, 5) is 24.4. The number of rotatable bonds is 5. The third kappa shape index (κ3) is 5.04. The topological polar surface area (TPSA) is 55.4 Å². The Morgan fingerprint density at radius 1 is 1.19 bits per heavy atom. The van der Waals surface area contributed by atoms with Gasteiger partial charge >= 0.3 is 5.97 Å². The molecule has 0 aliphatic heterocycles. The molecule has 1 N–H and O–H groups in total. The van der Waals surface area contributed by atoms with E-state index < -0.39 is 5.97 Å². The van der Waals surface area contributed by atoms with Gasteiger partial charge in [-0.15, -0.1) is 11.3 Å². The van der Waals surface area contributed by atoms with Crippen LogP contribution in [0.1, 0.15) is 15.2 Å². The highest BCUT2D eigenvalue weighted by Gasteiger charge is 2.11. The minimum atomic E-state index is -0.648. The van der Waals surface area contributed by atoms with Gasteiger partial charge in [-0.1, -0.05) is 29.3 Å². The number of hydrogen-bond donors (Lipinski definition) is 1. The van der Waals surface area contributed by atoms with E-state index in [1.165, 1.54) is 29.5 Å². The fourth-order valence-electron chi connectivity index (χ4n) is 1.54. The van der Waals surface area contributed by atoms with Crippen molar-refractivity contribution in [1.82, 2.24) is 5.32 Å². The highest BCUT2D eigenvalue weighted by molar-refractivity contribution is 7.09. The molecule has 0 radical (unpaired) electrons. The molecule has 110 valence electrons. The lowest BCUT2D eigenvalue weighted by atomic mass is 10.2. The SMILES string of the molecule is O=C(COC(=O)c1cc(Cl)cc(Cl)c1)NCc1cccs1. The number of carbonyl (C=O) groups is 2. The molecule has 2 aromatic rings. The average Bonchev–Trinajstić information content (AvgIpc) is 2.94. The molecule has 0 spiro atoms. The molecule has 7 heteroatoms. The molecule has 0 saturated heterocycles. The van der Waals surface area contributed by atoms with Crippen LogP contribution in [0.3, 0.4) is 0 Å². The van der Waals surface area contributed by atoms with Crippen LogP contribution in [0, 0.1) is 0 Å². The second kappa shape index (κ2) is 7.45. The molecular weight excluding hydrogens is 333 g/mol. The molecule has 1 heterocycles. The van der Waals surface area contributed by atoms with Crippen molar-refractivity contribution in [2.24, 2.45) is 0 Å². The Labute approximate surface area is 135 Å². The van der Waals surface area contributed by atoms with Gasteiger partial charge in [0.15, 0.2) is 6.61 Å². The van der Waals surface area contributed by atoms with E-state index in [2.05, 4.69) is 5.32 Å². The summed E-state index contributed by atoms with van der Waals surface area (Å²) in [7, 11) is 0. The molecular formula is C14H11Cl2NO3S. The standard InChI is InChI=1S/C14H11Cl2NO3S/c15-10-4-9(5-11(16)6-10)14(19)20-8-13(18)17-7-12-2-1-3-21-12/h1-6H,7-8H2,(H,17,18). The van der Waals surface area contributed by atoms with E-state index >= 15 is 0 Å². The molecule has 1 amide bonds. The van der Waals surface area contributed by atoms with E-state index in [1.54, 1.807) is 0 Å². The molecule has 0 aliphatic carbocycles. The fourth-order valence-corrected chi connectivity index (χ4v) is 2.71. The third-order valence-electron chi connectivity index (χ3n) is 2.47. The van der Waals surface area contributed by atoms with Crippen LogP contribution in [0.2, 0.25) is 10.0 Å². The van der Waals surface area contributed by atoms with Crippen LogP contribution in [0.5, 0.6) is 0 Å². The molecule has 0 bridgehead atoms. The lowest BCUT2D eigenvalue weighted by Crippen LogP contribution is -2.28. The summed E-state index contributed by atoms with van der Waals surface area (Å²) in [6.07, 6.45) is 0. The van der Waals surface area contributed by atoms with E-state index in [9.17, 15) is 9.59 Å². The summed E-state index contributed by atoms with van der Waals surface area (Å²) >= 11 is 13.1. The number of benzene rings is 1. The Balaban J connectivity index is 1.81. The number of ether oxygens (including phenoxy) is 1. The van der Waals surface area contributed by atoms with Crippen molar-refractivity contribution in [3.8, 4) is 0 Å². The van der Waals surface area contributed by atoms with E-state index in [0.29, 0.717) is 16.6 Å². The first-order chi connectivity index (χ1) is 10.0. The summed E-state index contributed by atoms with van der Waals surface area (Å²) in [5.41, 5.74) is 0.207. The summed E-state index contributed by atoms with van der Waals surface area (Å²) in [5.74, 6) is -1.02. The van der Waals surface area contributed by atoms with Crippen LogP contribution in [0.4, 0.5) is 0 Å². The van der Waals surface area contributed by atoms with Crippen molar-refractivity contribution in [3.05, 3.63) is 56.2 Å². The predicted molar refractivity (Wildman–Crippen MR) is 82.9 cm³/mol. The Morgan fingerprint density at radius 2 is 1.90 bits per heavy atom. The lowest BCUT2D eigenvalue weighted by Gasteiger charge is -2.06. The van der Waals surface area contributed by atoms with Crippen LogP contribution < -0.4 is 5.32 Å². The maximum atomic E-state index is 11.8. The molecule has 0 fully saturated rings. The van der Waals surface area contributed by atoms with E-state index in [0.717, 1.165) is 4.88 Å². The second-order valence-electron chi connectivity index (χ2n) is 4.09. The van der Waals surface area contributed by atoms with Crippen molar-refractivity contribution in [2.45, 2.75) is 6.54 Å². The van der Waals surface area contributed by atoms with Crippen LogP contribution in [-0.4, -0.2) is 18.5 Å². The van der Waals surface area contributed by atoms with Crippen LogP contribution in [0.25, 0.3) is 0 Å². The average molecular weight is 344 g/mol. The largest absolute Gasteiger partial charge is 0.452 e. The Morgan fingerprint density at radius 3 is 2.52 bits per heavy atom. The van der Waals surface area contributed by atoms with E-state index in [4.69, 9.17) is 27.9 Å². The zero-order valence-electron chi connectivity index (χ0n) is 10.8. The van der Waals surface area contributed by atoms with Crippen molar-refractivity contribution < 1.29 is 14.3 Å².